The van der Waals surface area contributed by atoms with E-state index >= 15 is 4.79 Å². The Balaban J connectivity index is 1.93. The molecule has 0 saturated heterocycles. The summed E-state index contributed by atoms with van der Waals surface area (Å²) in [6.45, 7) is 11.1. The van der Waals surface area contributed by atoms with Gasteiger partial charge in [0, 0.05) is 15.4 Å². The standard InChI is InChI=1S/C41H54Br2O/c1-6-9-12-15-18-21-40(44)41(33-25-31(19-16-13-10-7-2)24-32(26-33)20-17-14-11-8-3)36-27-38(42)29(4)22-34(36)35-23-30(5)39(43)28-37(35)41/h22-28H,6-21H2,1-5H3. The molecule has 0 unspecified atom stereocenters. The summed E-state index contributed by atoms with van der Waals surface area (Å²) in [4.78, 5) is 15.1. The van der Waals surface area contributed by atoms with Gasteiger partial charge in [-0.3, -0.25) is 4.79 Å². The van der Waals surface area contributed by atoms with Crippen LogP contribution in [0.3, 0.4) is 0 Å². The molecule has 0 fully saturated rings. The summed E-state index contributed by atoms with van der Waals surface area (Å²) < 4.78 is 2.16. The fraction of sp³-hybridized carbons (Fsp3) is 0.537. The fourth-order valence-corrected chi connectivity index (χ4v) is 7.89. The molecule has 238 valence electrons. The molecule has 0 atom stereocenters. The molecule has 44 heavy (non-hydrogen) atoms. The minimum Gasteiger partial charge on any atom is -0.298 e. The normalized spacial score (nSPS) is 13.2. The van der Waals surface area contributed by atoms with Crippen LogP contribution in [0.5, 0.6) is 0 Å². The number of carbonyl (C=O) groups excluding carboxylic acids is 1. The summed E-state index contributed by atoms with van der Waals surface area (Å²) in [5.74, 6) is 0.348. The Morgan fingerprint density at radius 1 is 0.568 bits per heavy atom. The molecule has 0 heterocycles. The summed E-state index contributed by atoms with van der Waals surface area (Å²) in [6, 6.07) is 16.4. The Morgan fingerprint density at radius 2 is 1.00 bits per heavy atom. The molecular formula is C41H54Br2O. The minimum atomic E-state index is -0.806. The lowest BCUT2D eigenvalue weighted by Gasteiger charge is -2.33. The molecule has 0 spiro atoms. The largest absolute Gasteiger partial charge is 0.298 e. The van der Waals surface area contributed by atoms with E-state index in [1.165, 1.54) is 110 Å². The van der Waals surface area contributed by atoms with Crippen LogP contribution < -0.4 is 0 Å². The maximum Gasteiger partial charge on any atom is 0.152 e. The Labute approximate surface area is 285 Å². The Bertz CT molecular complexity index is 1330. The van der Waals surface area contributed by atoms with Crippen LogP contribution in [0.25, 0.3) is 11.1 Å². The number of aryl methyl sites for hydroxylation is 4. The minimum absolute atomic E-state index is 0.348. The second kappa shape index (κ2) is 16.7. The van der Waals surface area contributed by atoms with Gasteiger partial charge in [-0.2, -0.15) is 0 Å². The van der Waals surface area contributed by atoms with Crippen LogP contribution in [0.2, 0.25) is 0 Å². The zero-order valence-electron chi connectivity index (χ0n) is 28.0. The first-order valence-corrected chi connectivity index (χ1v) is 19.1. The summed E-state index contributed by atoms with van der Waals surface area (Å²) in [7, 11) is 0. The number of Topliss-reactive ketones (excluding diaryl/α,β-unsaturated/α-hetero) is 1. The monoisotopic (exact) mass is 720 g/mol. The number of rotatable bonds is 18. The fourth-order valence-electron chi connectivity index (χ4n) is 7.20. The Kier molecular flexibility index (Phi) is 13.4. The van der Waals surface area contributed by atoms with Crippen molar-refractivity contribution >= 4 is 37.6 Å². The lowest BCUT2D eigenvalue weighted by molar-refractivity contribution is -0.122. The van der Waals surface area contributed by atoms with Gasteiger partial charge >= 0.3 is 0 Å². The lowest BCUT2D eigenvalue weighted by atomic mass is 9.67. The van der Waals surface area contributed by atoms with Crippen LogP contribution in [-0.2, 0) is 23.1 Å². The van der Waals surface area contributed by atoms with E-state index in [-0.39, 0.29) is 0 Å². The smallest absolute Gasteiger partial charge is 0.152 e. The molecule has 4 rings (SSSR count). The van der Waals surface area contributed by atoms with Gasteiger partial charge in [-0.1, -0.05) is 135 Å². The molecule has 3 heteroatoms. The molecule has 3 aromatic rings. The maximum atomic E-state index is 15.1. The zero-order valence-corrected chi connectivity index (χ0v) is 31.2. The molecule has 0 bridgehead atoms. The highest BCUT2D eigenvalue weighted by molar-refractivity contribution is 9.10. The summed E-state index contributed by atoms with van der Waals surface area (Å²) >= 11 is 7.77. The number of carbonyl (C=O) groups is 1. The van der Waals surface area contributed by atoms with Gasteiger partial charge in [-0.25, -0.2) is 0 Å². The quantitative estimate of drug-likeness (QED) is 0.120. The number of unbranched alkanes of at least 4 members (excludes halogenated alkanes) is 10. The van der Waals surface area contributed by atoms with Gasteiger partial charge < -0.3 is 0 Å². The van der Waals surface area contributed by atoms with E-state index in [1.807, 2.05) is 0 Å². The number of hydrogen-bond donors (Lipinski definition) is 0. The van der Waals surface area contributed by atoms with Crippen molar-refractivity contribution in [2.75, 3.05) is 0 Å². The van der Waals surface area contributed by atoms with Gasteiger partial charge in [0.15, 0.2) is 5.78 Å². The van der Waals surface area contributed by atoms with Crippen molar-refractivity contribution in [3.63, 3.8) is 0 Å². The molecule has 0 saturated carbocycles. The molecular weight excluding hydrogens is 668 g/mol. The Morgan fingerprint density at radius 3 is 1.45 bits per heavy atom. The van der Waals surface area contributed by atoms with Crippen LogP contribution in [0.4, 0.5) is 0 Å². The summed E-state index contributed by atoms with van der Waals surface area (Å²) in [6.07, 6.45) is 18.5. The van der Waals surface area contributed by atoms with Crippen molar-refractivity contribution in [3.05, 3.63) is 90.4 Å². The molecule has 1 aliphatic carbocycles. The first kappa shape index (κ1) is 35.1. The van der Waals surface area contributed by atoms with Crippen molar-refractivity contribution in [3.8, 4) is 11.1 Å². The van der Waals surface area contributed by atoms with Crippen LogP contribution in [0, 0.1) is 13.8 Å². The van der Waals surface area contributed by atoms with E-state index in [2.05, 4.69) is 109 Å². The zero-order chi connectivity index (χ0) is 31.7. The molecule has 3 aromatic carbocycles. The lowest BCUT2D eigenvalue weighted by Crippen LogP contribution is -2.37. The molecule has 1 nitrogen and oxygen atoms in total. The number of halogens is 2. The van der Waals surface area contributed by atoms with E-state index < -0.39 is 5.41 Å². The van der Waals surface area contributed by atoms with Crippen LogP contribution >= 0.6 is 31.9 Å². The predicted octanol–water partition coefficient (Wildman–Crippen LogP) is 13.3. The molecule has 1 aliphatic rings. The van der Waals surface area contributed by atoms with Crippen LogP contribution in [0.1, 0.15) is 150 Å². The van der Waals surface area contributed by atoms with E-state index in [9.17, 15) is 0 Å². The topological polar surface area (TPSA) is 17.1 Å². The van der Waals surface area contributed by atoms with Crippen molar-refractivity contribution in [2.24, 2.45) is 0 Å². The van der Waals surface area contributed by atoms with Crippen molar-refractivity contribution in [1.82, 2.24) is 0 Å². The van der Waals surface area contributed by atoms with E-state index in [0.717, 1.165) is 45.8 Å². The number of hydrogen-bond acceptors (Lipinski definition) is 1. The van der Waals surface area contributed by atoms with Gasteiger partial charge in [0.05, 0.1) is 0 Å². The highest BCUT2D eigenvalue weighted by atomic mass is 79.9. The highest BCUT2D eigenvalue weighted by Gasteiger charge is 2.50. The van der Waals surface area contributed by atoms with Crippen molar-refractivity contribution < 1.29 is 4.79 Å². The van der Waals surface area contributed by atoms with Crippen molar-refractivity contribution in [1.29, 1.82) is 0 Å². The third-order valence-corrected chi connectivity index (χ3v) is 11.5. The van der Waals surface area contributed by atoms with Gasteiger partial charge in [0.25, 0.3) is 0 Å². The van der Waals surface area contributed by atoms with E-state index in [4.69, 9.17) is 0 Å². The molecule has 0 amide bonds. The first-order chi connectivity index (χ1) is 21.3. The summed E-state index contributed by atoms with van der Waals surface area (Å²) in [5, 5.41) is 0. The van der Waals surface area contributed by atoms with Gasteiger partial charge in [-0.05, 0) is 120 Å². The second-order valence-corrected chi connectivity index (χ2v) is 15.0. The van der Waals surface area contributed by atoms with Crippen LogP contribution in [0.15, 0.2) is 51.4 Å². The third kappa shape index (κ3) is 7.80. The van der Waals surface area contributed by atoms with E-state index in [1.54, 1.807) is 0 Å². The molecule has 0 N–H and O–H groups in total. The molecule has 0 radical (unpaired) electrons. The van der Waals surface area contributed by atoms with Gasteiger partial charge in [0.1, 0.15) is 5.41 Å². The maximum absolute atomic E-state index is 15.1. The van der Waals surface area contributed by atoms with E-state index in [0.29, 0.717) is 12.2 Å². The Hall–Kier alpha value is -1.71. The first-order valence-electron chi connectivity index (χ1n) is 17.6. The SMILES string of the molecule is CCCCCCCC(=O)C1(c2cc(CCCCCC)cc(CCCCCC)c2)c2cc(Br)c(C)cc2-c2cc(C)c(Br)cc21. The molecule has 0 aliphatic heterocycles. The molecule has 0 aromatic heterocycles. The number of ketones is 1. The van der Waals surface area contributed by atoms with Gasteiger partial charge in [0.2, 0.25) is 0 Å². The van der Waals surface area contributed by atoms with Crippen LogP contribution in [-0.4, -0.2) is 5.78 Å². The third-order valence-electron chi connectivity index (χ3n) is 9.75. The average Bonchev–Trinajstić information content (AvgIpc) is 3.26. The average molecular weight is 723 g/mol. The number of benzene rings is 3. The van der Waals surface area contributed by atoms with Crippen molar-refractivity contribution in [2.45, 2.75) is 143 Å². The highest BCUT2D eigenvalue weighted by Crippen LogP contribution is 2.56. The summed E-state index contributed by atoms with van der Waals surface area (Å²) in [5.41, 5.74) is 10.3. The van der Waals surface area contributed by atoms with Gasteiger partial charge in [-0.15, -0.1) is 0 Å². The number of fused-ring (bicyclic) bond motifs is 3. The second-order valence-electron chi connectivity index (χ2n) is 13.3. The predicted molar refractivity (Wildman–Crippen MR) is 197 cm³/mol.